The smallest absolute Gasteiger partial charge is 0.126 e. The molecule has 1 fully saturated rings. The lowest BCUT2D eigenvalue weighted by Crippen LogP contribution is -2.37. The van der Waals surface area contributed by atoms with Crippen LogP contribution in [0.3, 0.4) is 0 Å². The second-order valence-corrected chi connectivity index (χ2v) is 3.63. The van der Waals surface area contributed by atoms with Gasteiger partial charge in [-0.1, -0.05) is 19.4 Å². The first-order valence-electron chi connectivity index (χ1n) is 4.32. The molecule has 11 heavy (non-hydrogen) atoms. The van der Waals surface area contributed by atoms with Crippen LogP contribution in [-0.4, -0.2) is 6.29 Å². The molecule has 1 atom stereocenters. The maximum Gasteiger partial charge on any atom is 0.126 e. The van der Waals surface area contributed by atoms with E-state index < -0.39 is 0 Å². The van der Waals surface area contributed by atoms with Crippen molar-refractivity contribution >= 4 is 6.29 Å². The Bertz CT molecular complexity index is 156. The van der Waals surface area contributed by atoms with E-state index in [1.807, 2.05) is 6.08 Å². The van der Waals surface area contributed by atoms with Crippen LogP contribution in [0, 0.1) is 11.3 Å². The molecule has 0 amide bonds. The molecular weight excluding hydrogens is 136 g/mol. The molecule has 1 unspecified atom stereocenters. The van der Waals surface area contributed by atoms with Crippen LogP contribution in [-0.2, 0) is 4.79 Å². The fraction of sp³-hybridized carbons (Fsp3) is 0.700. The quantitative estimate of drug-likeness (QED) is 0.447. The van der Waals surface area contributed by atoms with Crippen molar-refractivity contribution in [3.05, 3.63) is 12.7 Å². The molecule has 0 aromatic heterocycles. The van der Waals surface area contributed by atoms with Crippen LogP contribution in [0.4, 0.5) is 0 Å². The zero-order valence-corrected chi connectivity index (χ0v) is 7.18. The van der Waals surface area contributed by atoms with Gasteiger partial charge < -0.3 is 4.79 Å². The first-order chi connectivity index (χ1) is 5.25. The van der Waals surface area contributed by atoms with E-state index in [0.29, 0.717) is 5.92 Å². The Labute approximate surface area is 68.5 Å². The number of rotatable bonds is 4. The van der Waals surface area contributed by atoms with Crippen LogP contribution in [0.1, 0.15) is 32.6 Å². The van der Waals surface area contributed by atoms with Crippen LogP contribution < -0.4 is 0 Å². The predicted octanol–water partition coefficient (Wildman–Crippen LogP) is 2.57. The molecule has 62 valence electrons. The molecule has 1 rings (SSSR count). The molecule has 0 N–H and O–H groups in total. The van der Waals surface area contributed by atoms with Gasteiger partial charge in [-0.25, -0.2) is 0 Å². The lowest BCUT2D eigenvalue weighted by molar-refractivity contribution is -0.124. The van der Waals surface area contributed by atoms with E-state index in [9.17, 15) is 4.79 Å². The Balaban J connectivity index is 2.53. The third-order valence-electron chi connectivity index (χ3n) is 3.02. The average Bonchev–Trinajstić information content (AvgIpc) is 1.87. The fourth-order valence-electron chi connectivity index (χ4n) is 1.80. The van der Waals surface area contributed by atoms with E-state index in [4.69, 9.17) is 0 Å². The summed E-state index contributed by atoms with van der Waals surface area (Å²) in [5, 5.41) is 0. The molecule has 1 aliphatic rings. The SMILES string of the molecule is C=CCC(C)C1(C=O)CCC1. The van der Waals surface area contributed by atoms with Crippen molar-refractivity contribution in [2.45, 2.75) is 32.6 Å². The Morgan fingerprint density at radius 3 is 2.55 bits per heavy atom. The maximum absolute atomic E-state index is 10.8. The zero-order chi connectivity index (χ0) is 8.32. The second kappa shape index (κ2) is 3.21. The summed E-state index contributed by atoms with van der Waals surface area (Å²) in [5.41, 5.74) is 0.0220. The van der Waals surface area contributed by atoms with Gasteiger partial charge in [-0.3, -0.25) is 0 Å². The van der Waals surface area contributed by atoms with Gasteiger partial charge in [-0.2, -0.15) is 0 Å². The molecule has 0 radical (unpaired) electrons. The molecule has 1 heteroatoms. The van der Waals surface area contributed by atoms with Crippen molar-refractivity contribution in [2.24, 2.45) is 11.3 Å². The highest BCUT2D eigenvalue weighted by atomic mass is 16.1. The van der Waals surface area contributed by atoms with Gasteiger partial charge in [0, 0.05) is 5.41 Å². The second-order valence-electron chi connectivity index (χ2n) is 3.63. The van der Waals surface area contributed by atoms with E-state index in [1.54, 1.807) is 0 Å². The summed E-state index contributed by atoms with van der Waals surface area (Å²) in [6.45, 7) is 5.84. The minimum atomic E-state index is 0.0220. The largest absolute Gasteiger partial charge is 0.303 e. The lowest BCUT2D eigenvalue weighted by Gasteiger charge is -2.41. The minimum absolute atomic E-state index is 0.0220. The van der Waals surface area contributed by atoms with E-state index in [-0.39, 0.29) is 5.41 Å². The monoisotopic (exact) mass is 152 g/mol. The summed E-state index contributed by atoms with van der Waals surface area (Å²) in [5.74, 6) is 0.492. The zero-order valence-electron chi connectivity index (χ0n) is 7.18. The van der Waals surface area contributed by atoms with Crippen molar-refractivity contribution in [2.75, 3.05) is 0 Å². The van der Waals surface area contributed by atoms with Crippen molar-refractivity contribution in [3.8, 4) is 0 Å². The fourth-order valence-corrected chi connectivity index (χ4v) is 1.80. The molecule has 1 saturated carbocycles. The summed E-state index contributed by atoms with van der Waals surface area (Å²) in [4.78, 5) is 10.8. The summed E-state index contributed by atoms with van der Waals surface area (Å²) in [6.07, 6.45) is 7.44. The van der Waals surface area contributed by atoms with Gasteiger partial charge >= 0.3 is 0 Å². The Morgan fingerprint density at radius 1 is 1.64 bits per heavy atom. The topological polar surface area (TPSA) is 17.1 Å². The molecule has 0 aromatic rings. The number of carbonyl (C=O) groups is 1. The summed E-state index contributed by atoms with van der Waals surface area (Å²) >= 11 is 0. The van der Waals surface area contributed by atoms with Gasteiger partial charge in [-0.15, -0.1) is 6.58 Å². The molecule has 0 aromatic carbocycles. The molecule has 0 saturated heterocycles. The van der Waals surface area contributed by atoms with Crippen molar-refractivity contribution in [1.29, 1.82) is 0 Å². The summed E-state index contributed by atoms with van der Waals surface area (Å²) in [6, 6.07) is 0. The third-order valence-corrected chi connectivity index (χ3v) is 3.02. The summed E-state index contributed by atoms with van der Waals surface area (Å²) < 4.78 is 0. The Kier molecular flexibility index (Phi) is 2.48. The first kappa shape index (κ1) is 8.51. The van der Waals surface area contributed by atoms with E-state index in [1.165, 1.54) is 6.42 Å². The molecule has 1 aliphatic carbocycles. The molecule has 0 heterocycles. The maximum atomic E-state index is 10.8. The highest BCUT2D eigenvalue weighted by molar-refractivity contribution is 5.61. The molecule has 0 spiro atoms. The van der Waals surface area contributed by atoms with Gasteiger partial charge in [0.25, 0.3) is 0 Å². The first-order valence-corrected chi connectivity index (χ1v) is 4.32. The summed E-state index contributed by atoms with van der Waals surface area (Å²) in [7, 11) is 0. The number of aldehydes is 1. The van der Waals surface area contributed by atoms with Crippen molar-refractivity contribution < 1.29 is 4.79 Å². The van der Waals surface area contributed by atoms with Gasteiger partial charge in [0.05, 0.1) is 0 Å². The number of carbonyl (C=O) groups excluding carboxylic acids is 1. The van der Waals surface area contributed by atoms with E-state index >= 15 is 0 Å². The molecule has 0 aliphatic heterocycles. The number of allylic oxidation sites excluding steroid dienone is 1. The normalized spacial score (nSPS) is 23.4. The van der Waals surface area contributed by atoms with E-state index in [2.05, 4.69) is 13.5 Å². The molecular formula is C10H16O. The number of hydrogen-bond acceptors (Lipinski definition) is 1. The van der Waals surface area contributed by atoms with Crippen molar-refractivity contribution in [1.82, 2.24) is 0 Å². The Morgan fingerprint density at radius 2 is 2.27 bits per heavy atom. The van der Waals surface area contributed by atoms with Crippen LogP contribution >= 0.6 is 0 Å². The van der Waals surface area contributed by atoms with Crippen LogP contribution in [0.25, 0.3) is 0 Å². The molecule has 0 bridgehead atoms. The average molecular weight is 152 g/mol. The Hall–Kier alpha value is -0.590. The van der Waals surface area contributed by atoms with Crippen LogP contribution in [0.15, 0.2) is 12.7 Å². The molecule has 1 nitrogen and oxygen atoms in total. The standard InChI is InChI=1S/C10H16O/c1-3-5-9(2)10(8-11)6-4-7-10/h3,8-9H,1,4-7H2,2H3. The van der Waals surface area contributed by atoms with Crippen LogP contribution in [0.2, 0.25) is 0 Å². The lowest BCUT2D eigenvalue weighted by atomic mass is 9.62. The van der Waals surface area contributed by atoms with Gasteiger partial charge in [0.15, 0.2) is 0 Å². The predicted molar refractivity (Wildman–Crippen MR) is 46.3 cm³/mol. The third kappa shape index (κ3) is 1.37. The van der Waals surface area contributed by atoms with Gasteiger partial charge in [0.2, 0.25) is 0 Å². The van der Waals surface area contributed by atoms with Gasteiger partial charge in [0.1, 0.15) is 6.29 Å². The van der Waals surface area contributed by atoms with Crippen molar-refractivity contribution in [3.63, 3.8) is 0 Å². The van der Waals surface area contributed by atoms with Gasteiger partial charge in [-0.05, 0) is 25.2 Å². The highest BCUT2D eigenvalue weighted by Gasteiger charge is 2.40. The highest BCUT2D eigenvalue weighted by Crippen LogP contribution is 2.46. The van der Waals surface area contributed by atoms with Crippen LogP contribution in [0.5, 0.6) is 0 Å². The number of hydrogen-bond donors (Lipinski definition) is 0. The minimum Gasteiger partial charge on any atom is -0.303 e. The van der Waals surface area contributed by atoms with E-state index in [0.717, 1.165) is 25.5 Å².